The highest BCUT2D eigenvalue weighted by Gasteiger charge is 2.23. The lowest BCUT2D eigenvalue weighted by molar-refractivity contribution is -0.115. The maximum Gasteiger partial charge on any atom is 0.243 e. The Hall–Kier alpha value is -3.22. The Morgan fingerprint density at radius 3 is 2.81 bits per heavy atom. The third-order valence-electron chi connectivity index (χ3n) is 4.22. The lowest BCUT2D eigenvalue weighted by atomic mass is 10.2. The molecule has 2 aromatic rings. The summed E-state index contributed by atoms with van der Waals surface area (Å²) in [5, 5.41) is 5.67. The number of nitrogens with zero attached hydrogens (tertiary/aromatic N) is 1. The molecular formula is C19H19N3O4. The molecule has 0 fully saturated rings. The van der Waals surface area contributed by atoms with E-state index in [1.807, 2.05) is 24.3 Å². The number of carbonyl (C=O) groups is 2. The first-order valence-corrected chi connectivity index (χ1v) is 8.52. The van der Waals surface area contributed by atoms with Crippen LogP contribution in [0.2, 0.25) is 0 Å². The Labute approximate surface area is 150 Å². The first-order valence-electron chi connectivity index (χ1n) is 8.52. The van der Waals surface area contributed by atoms with E-state index in [1.165, 1.54) is 0 Å². The fourth-order valence-electron chi connectivity index (χ4n) is 3.06. The monoisotopic (exact) mass is 353 g/mol. The molecule has 4 rings (SSSR count). The van der Waals surface area contributed by atoms with Gasteiger partial charge in [0.15, 0.2) is 11.5 Å². The fourth-order valence-corrected chi connectivity index (χ4v) is 3.06. The summed E-state index contributed by atoms with van der Waals surface area (Å²) in [5.74, 6) is 0.973. The van der Waals surface area contributed by atoms with Crippen LogP contribution in [-0.2, 0) is 9.59 Å². The Morgan fingerprint density at radius 1 is 1.12 bits per heavy atom. The molecule has 0 radical (unpaired) electrons. The number of nitrogens with one attached hydrogen (secondary N) is 2. The predicted molar refractivity (Wildman–Crippen MR) is 98.0 cm³/mol. The van der Waals surface area contributed by atoms with Crippen LogP contribution in [0, 0.1) is 0 Å². The van der Waals surface area contributed by atoms with Gasteiger partial charge in [-0.1, -0.05) is 12.1 Å². The van der Waals surface area contributed by atoms with Gasteiger partial charge in [-0.05, 0) is 24.3 Å². The average molecular weight is 353 g/mol. The second kappa shape index (κ2) is 6.95. The summed E-state index contributed by atoms with van der Waals surface area (Å²) in [4.78, 5) is 26.1. The zero-order valence-corrected chi connectivity index (χ0v) is 14.2. The molecule has 2 amide bonds. The minimum absolute atomic E-state index is 0.0822. The van der Waals surface area contributed by atoms with E-state index in [0.29, 0.717) is 36.1 Å². The van der Waals surface area contributed by atoms with Crippen LogP contribution in [0.1, 0.15) is 6.42 Å². The van der Waals surface area contributed by atoms with Gasteiger partial charge in [-0.25, -0.2) is 0 Å². The number of para-hydroxylation sites is 2. The largest absolute Gasteiger partial charge is 0.490 e. The Balaban J connectivity index is 1.46. The molecule has 2 aromatic carbocycles. The van der Waals surface area contributed by atoms with Gasteiger partial charge in [0, 0.05) is 18.2 Å². The minimum atomic E-state index is -0.205. The van der Waals surface area contributed by atoms with Crippen LogP contribution in [0.15, 0.2) is 42.5 Å². The summed E-state index contributed by atoms with van der Waals surface area (Å²) in [6, 6.07) is 12.8. The quantitative estimate of drug-likeness (QED) is 0.885. The third-order valence-corrected chi connectivity index (χ3v) is 4.22. The van der Waals surface area contributed by atoms with E-state index in [1.54, 1.807) is 23.1 Å². The summed E-state index contributed by atoms with van der Waals surface area (Å²) in [5.41, 5.74) is 2.18. The van der Waals surface area contributed by atoms with E-state index in [0.717, 1.165) is 12.1 Å². The van der Waals surface area contributed by atoms with Gasteiger partial charge in [0.05, 0.1) is 37.7 Å². The van der Waals surface area contributed by atoms with E-state index in [9.17, 15) is 9.59 Å². The predicted octanol–water partition coefficient (Wildman–Crippen LogP) is 2.25. The highest BCUT2D eigenvalue weighted by atomic mass is 16.5. The molecule has 2 N–H and O–H groups in total. The fraction of sp³-hybridized carbons (Fsp3) is 0.263. The SMILES string of the molecule is O=C(CN1CC(=O)Nc2ccccc21)Nc1ccc2c(c1)OCCCO2. The van der Waals surface area contributed by atoms with Crippen LogP contribution in [0.5, 0.6) is 11.5 Å². The van der Waals surface area contributed by atoms with Crippen LogP contribution >= 0.6 is 0 Å². The van der Waals surface area contributed by atoms with Crippen molar-refractivity contribution in [2.45, 2.75) is 6.42 Å². The van der Waals surface area contributed by atoms with Crippen molar-refractivity contribution in [1.29, 1.82) is 0 Å². The first kappa shape index (κ1) is 16.3. The van der Waals surface area contributed by atoms with E-state index in [4.69, 9.17) is 9.47 Å². The molecule has 0 saturated carbocycles. The third kappa shape index (κ3) is 3.42. The zero-order chi connectivity index (χ0) is 17.9. The van der Waals surface area contributed by atoms with Crippen LogP contribution in [-0.4, -0.2) is 38.1 Å². The summed E-state index contributed by atoms with van der Waals surface area (Å²) >= 11 is 0. The molecule has 2 heterocycles. The van der Waals surface area contributed by atoms with Crippen LogP contribution < -0.4 is 25.0 Å². The van der Waals surface area contributed by atoms with Gasteiger partial charge in [0.25, 0.3) is 0 Å². The van der Waals surface area contributed by atoms with Gasteiger partial charge in [-0.3, -0.25) is 9.59 Å². The van der Waals surface area contributed by atoms with E-state index < -0.39 is 0 Å². The number of rotatable bonds is 3. The first-order chi connectivity index (χ1) is 12.7. The summed E-state index contributed by atoms with van der Waals surface area (Å²) in [6.45, 7) is 1.43. The van der Waals surface area contributed by atoms with Crippen molar-refractivity contribution in [1.82, 2.24) is 0 Å². The van der Waals surface area contributed by atoms with Crippen LogP contribution in [0.4, 0.5) is 17.1 Å². The smallest absolute Gasteiger partial charge is 0.243 e. The number of hydrogen-bond donors (Lipinski definition) is 2. The number of amides is 2. The highest BCUT2D eigenvalue weighted by molar-refractivity contribution is 6.03. The highest BCUT2D eigenvalue weighted by Crippen LogP contribution is 2.32. The Bertz CT molecular complexity index is 852. The molecule has 7 nitrogen and oxygen atoms in total. The Kier molecular flexibility index (Phi) is 4.35. The molecule has 0 bridgehead atoms. The molecule has 0 aliphatic carbocycles. The molecule has 0 saturated heterocycles. The minimum Gasteiger partial charge on any atom is -0.490 e. The normalized spacial score (nSPS) is 15.5. The number of anilines is 3. The number of carbonyl (C=O) groups excluding carboxylic acids is 2. The van der Waals surface area contributed by atoms with Gasteiger partial charge < -0.3 is 25.0 Å². The van der Waals surface area contributed by atoms with E-state index in [-0.39, 0.29) is 24.9 Å². The van der Waals surface area contributed by atoms with Crippen molar-refractivity contribution in [2.24, 2.45) is 0 Å². The lowest BCUT2D eigenvalue weighted by Crippen LogP contribution is -2.42. The maximum absolute atomic E-state index is 12.5. The number of benzene rings is 2. The zero-order valence-electron chi connectivity index (χ0n) is 14.2. The van der Waals surface area contributed by atoms with Gasteiger partial charge >= 0.3 is 0 Å². The molecule has 0 unspecified atom stereocenters. The molecule has 134 valence electrons. The number of fused-ring (bicyclic) bond motifs is 2. The van der Waals surface area contributed by atoms with Crippen LogP contribution in [0.25, 0.3) is 0 Å². The van der Waals surface area contributed by atoms with Gasteiger partial charge in [-0.15, -0.1) is 0 Å². The van der Waals surface area contributed by atoms with Gasteiger partial charge in [0.2, 0.25) is 11.8 Å². The summed E-state index contributed by atoms with van der Waals surface area (Å²) < 4.78 is 11.2. The molecule has 7 heteroatoms. The van der Waals surface area contributed by atoms with Crippen LogP contribution in [0.3, 0.4) is 0 Å². The molecule has 0 spiro atoms. The average Bonchev–Trinajstić information content (AvgIpc) is 2.86. The molecule has 26 heavy (non-hydrogen) atoms. The molecule has 2 aliphatic heterocycles. The van der Waals surface area contributed by atoms with Crippen molar-refractivity contribution in [3.8, 4) is 11.5 Å². The topological polar surface area (TPSA) is 79.9 Å². The standard InChI is InChI=1S/C19H19N3O4/c23-18(11-22-12-19(24)21-14-4-1-2-5-15(14)22)20-13-6-7-16-17(10-13)26-9-3-8-25-16/h1-2,4-7,10H,3,8-9,11-12H2,(H,20,23)(H,21,24). The van der Waals surface area contributed by atoms with Crippen molar-refractivity contribution >= 4 is 28.9 Å². The van der Waals surface area contributed by atoms with Crippen molar-refractivity contribution in [3.63, 3.8) is 0 Å². The van der Waals surface area contributed by atoms with Crippen molar-refractivity contribution < 1.29 is 19.1 Å². The summed E-state index contributed by atoms with van der Waals surface area (Å²) in [7, 11) is 0. The van der Waals surface area contributed by atoms with E-state index in [2.05, 4.69) is 10.6 Å². The van der Waals surface area contributed by atoms with E-state index >= 15 is 0 Å². The van der Waals surface area contributed by atoms with Gasteiger partial charge in [0.1, 0.15) is 0 Å². The molecule has 0 aromatic heterocycles. The number of ether oxygens (including phenoxy) is 2. The molecule has 0 atom stereocenters. The molecule has 2 aliphatic rings. The maximum atomic E-state index is 12.5. The Morgan fingerprint density at radius 2 is 1.92 bits per heavy atom. The van der Waals surface area contributed by atoms with Crippen molar-refractivity contribution in [3.05, 3.63) is 42.5 Å². The molecular weight excluding hydrogens is 334 g/mol. The lowest BCUT2D eigenvalue weighted by Gasteiger charge is -2.30. The van der Waals surface area contributed by atoms with Crippen molar-refractivity contribution in [2.75, 3.05) is 41.8 Å². The van der Waals surface area contributed by atoms with Gasteiger partial charge in [-0.2, -0.15) is 0 Å². The second-order valence-corrected chi connectivity index (χ2v) is 6.18. The second-order valence-electron chi connectivity index (χ2n) is 6.18. The summed E-state index contributed by atoms with van der Waals surface area (Å²) in [6.07, 6.45) is 0.826. The number of hydrogen-bond acceptors (Lipinski definition) is 5.